The highest BCUT2D eigenvalue weighted by atomic mass is 19.1. The van der Waals surface area contributed by atoms with Gasteiger partial charge in [0.05, 0.1) is 12.2 Å². The van der Waals surface area contributed by atoms with Crippen LogP contribution in [0.2, 0.25) is 0 Å². The molecule has 88 valence electrons. The summed E-state index contributed by atoms with van der Waals surface area (Å²) in [4.78, 5) is 0. The third-order valence-corrected chi connectivity index (χ3v) is 2.78. The molecule has 0 bridgehead atoms. The standard InChI is InChI=1S/C12H15F2NO/c1-7-3-11(14)9(4-10(7)13)12-6-15-5-8(2)16-12/h3-4,8,12,15H,5-6H2,1-2H3. The predicted molar refractivity (Wildman–Crippen MR) is 57.3 cm³/mol. The first-order valence-corrected chi connectivity index (χ1v) is 5.39. The van der Waals surface area contributed by atoms with Gasteiger partial charge in [-0.1, -0.05) is 0 Å². The van der Waals surface area contributed by atoms with Crippen molar-refractivity contribution in [2.75, 3.05) is 13.1 Å². The molecule has 0 radical (unpaired) electrons. The molecule has 0 amide bonds. The van der Waals surface area contributed by atoms with Gasteiger partial charge in [-0.2, -0.15) is 0 Å². The fourth-order valence-electron chi connectivity index (χ4n) is 1.89. The molecule has 0 spiro atoms. The van der Waals surface area contributed by atoms with E-state index in [0.29, 0.717) is 17.7 Å². The largest absolute Gasteiger partial charge is 0.368 e. The van der Waals surface area contributed by atoms with Crippen LogP contribution in [0.4, 0.5) is 8.78 Å². The highest BCUT2D eigenvalue weighted by Gasteiger charge is 2.23. The zero-order valence-corrected chi connectivity index (χ0v) is 9.39. The van der Waals surface area contributed by atoms with Crippen molar-refractivity contribution in [2.45, 2.75) is 26.1 Å². The van der Waals surface area contributed by atoms with Gasteiger partial charge in [-0.05, 0) is 31.5 Å². The highest BCUT2D eigenvalue weighted by molar-refractivity contribution is 5.27. The Bertz CT molecular complexity index is 395. The molecular weight excluding hydrogens is 212 g/mol. The summed E-state index contributed by atoms with van der Waals surface area (Å²) in [5.41, 5.74) is 0.611. The lowest BCUT2D eigenvalue weighted by molar-refractivity contribution is -0.0304. The summed E-state index contributed by atoms with van der Waals surface area (Å²) in [6, 6.07) is 2.45. The Morgan fingerprint density at radius 3 is 2.69 bits per heavy atom. The summed E-state index contributed by atoms with van der Waals surface area (Å²) in [6.07, 6.45) is -0.388. The van der Waals surface area contributed by atoms with E-state index in [1.165, 1.54) is 12.1 Å². The molecule has 1 fully saturated rings. The molecule has 0 saturated carbocycles. The van der Waals surface area contributed by atoms with Gasteiger partial charge in [0.2, 0.25) is 0 Å². The second-order valence-electron chi connectivity index (χ2n) is 4.22. The van der Waals surface area contributed by atoms with Crippen LogP contribution in [-0.2, 0) is 4.74 Å². The maximum absolute atomic E-state index is 13.7. The van der Waals surface area contributed by atoms with E-state index in [0.717, 1.165) is 6.54 Å². The minimum atomic E-state index is -0.404. The number of benzene rings is 1. The molecule has 1 saturated heterocycles. The van der Waals surface area contributed by atoms with Crippen LogP contribution in [0.25, 0.3) is 0 Å². The van der Waals surface area contributed by atoms with E-state index in [1.54, 1.807) is 6.92 Å². The molecule has 1 aliphatic rings. The van der Waals surface area contributed by atoms with Gasteiger partial charge >= 0.3 is 0 Å². The van der Waals surface area contributed by atoms with Gasteiger partial charge in [0.1, 0.15) is 11.6 Å². The molecule has 0 aromatic heterocycles. The number of nitrogens with one attached hydrogen (secondary N) is 1. The third-order valence-electron chi connectivity index (χ3n) is 2.78. The second kappa shape index (κ2) is 4.47. The lowest BCUT2D eigenvalue weighted by Crippen LogP contribution is -2.39. The molecule has 16 heavy (non-hydrogen) atoms. The molecule has 4 heteroatoms. The average Bonchev–Trinajstić information content (AvgIpc) is 2.23. The predicted octanol–water partition coefficient (Wildman–Crippen LogP) is 2.32. The van der Waals surface area contributed by atoms with Crippen LogP contribution in [0.3, 0.4) is 0 Å². The fourth-order valence-corrected chi connectivity index (χ4v) is 1.89. The highest BCUT2D eigenvalue weighted by Crippen LogP contribution is 2.25. The van der Waals surface area contributed by atoms with Gasteiger partial charge in [0, 0.05) is 18.7 Å². The van der Waals surface area contributed by atoms with Crippen molar-refractivity contribution in [3.05, 3.63) is 34.9 Å². The summed E-state index contributed by atoms with van der Waals surface area (Å²) in [5, 5.41) is 3.13. The average molecular weight is 227 g/mol. The van der Waals surface area contributed by atoms with Crippen LogP contribution in [0.15, 0.2) is 12.1 Å². The first-order valence-electron chi connectivity index (χ1n) is 5.39. The van der Waals surface area contributed by atoms with Crippen molar-refractivity contribution in [3.8, 4) is 0 Å². The van der Waals surface area contributed by atoms with Crippen LogP contribution in [-0.4, -0.2) is 19.2 Å². The number of halogens is 2. The van der Waals surface area contributed by atoms with Crippen molar-refractivity contribution >= 4 is 0 Å². The van der Waals surface area contributed by atoms with E-state index in [9.17, 15) is 8.78 Å². The van der Waals surface area contributed by atoms with E-state index in [-0.39, 0.29) is 6.10 Å². The van der Waals surface area contributed by atoms with E-state index in [4.69, 9.17) is 4.74 Å². The molecule has 2 unspecified atom stereocenters. The topological polar surface area (TPSA) is 21.3 Å². The third kappa shape index (κ3) is 2.23. The molecule has 1 heterocycles. The number of aryl methyl sites for hydroxylation is 1. The minimum Gasteiger partial charge on any atom is -0.368 e. The Morgan fingerprint density at radius 2 is 2.00 bits per heavy atom. The molecule has 2 nitrogen and oxygen atoms in total. The molecule has 0 aliphatic carbocycles. The lowest BCUT2D eigenvalue weighted by atomic mass is 10.0. The quantitative estimate of drug-likeness (QED) is 0.795. The SMILES string of the molecule is Cc1cc(F)c(C2CNCC(C)O2)cc1F. The van der Waals surface area contributed by atoms with Crippen molar-refractivity contribution in [3.63, 3.8) is 0 Å². The van der Waals surface area contributed by atoms with E-state index in [1.807, 2.05) is 6.92 Å². The Kier molecular flexibility index (Phi) is 3.21. The normalized spacial score (nSPS) is 25.8. The first-order chi connectivity index (χ1) is 7.58. The molecule has 1 N–H and O–H groups in total. The van der Waals surface area contributed by atoms with Crippen LogP contribution in [0.5, 0.6) is 0 Å². The smallest absolute Gasteiger partial charge is 0.129 e. The van der Waals surface area contributed by atoms with Crippen molar-refractivity contribution in [1.29, 1.82) is 0 Å². The van der Waals surface area contributed by atoms with Crippen LogP contribution < -0.4 is 5.32 Å². The van der Waals surface area contributed by atoms with Gasteiger partial charge in [0.25, 0.3) is 0 Å². The summed E-state index contributed by atoms with van der Waals surface area (Å²) < 4.78 is 32.6. The molecule has 1 aromatic carbocycles. The molecule has 1 aromatic rings. The Hall–Kier alpha value is -1.00. The monoisotopic (exact) mass is 227 g/mol. The van der Waals surface area contributed by atoms with Crippen molar-refractivity contribution in [1.82, 2.24) is 5.32 Å². The molecule has 1 aliphatic heterocycles. The van der Waals surface area contributed by atoms with E-state index < -0.39 is 17.7 Å². The summed E-state index contributed by atoms with van der Waals surface area (Å²) in [6.45, 7) is 4.71. The number of morpholine rings is 1. The summed E-state index contributed by atoms with van der Waals surface area (Å²) in [7, 11) is 0. The van der Waals surface area contributed by atoms with Crippen LogP contribution in [0, 0.1) is 18.6 Å². The summed E-state index contributed by atoms with van der Waals surface area (Å²) >= 11 is 0. The van der Waals surface area contributed by atoms with E-state index in [2.05, 4.69) is 5.32 Å². The first kappa shape index (κ1) is 11.5. The van der Waals surface area contributed by atoms with Gasteiger partial charge in [-0.3, -0.25) is 0 Å². The van der Waals surface area contributed by atoms with Gasteiger partial charge < -0.3 is 10.1 Å². The maximum atomic E-state index is 13.7. The zero-order valence-electron chi connectivity index (χ0n) is 9.39. The van der Waals surface area contributed by atoms with Crippen LogP contribution >= 0.6 is 0 Å². The Labute approximate surface area is 93.6 Å². The summed E-state index contributed by atoms with van der Waals surface area (Å²) in [5.74, 6) is -0.793. The van der Waals surface area contributed by atoms with E-state index >= 15 is 0 Å². The molecule has 2 rings (SSSR count). The second-order valence-corrected chi connectivity index (χ2v) is 4.22. The van der Waals surface area contributed by atoms with Crippen molar-refractivity contribution in [2.24, 2.45) is 0 Å². The molecule has 2 atom stereocenters. The maximum Gasteiger partial charge on any atom is 0.129 e. The van der Waals surface area contributed by atoms with Crippen LogP contribution in [0.1, 0.15) is 24.2 Å². The minimum absolute atomic E-state index is 0.0162. The van der Waals surface area contributed by atoms with Gasteiger partial charge in [0.15, 0.2) is 0 Å². The zero-order chi connectivity index (χ0) is 11.7. The van der Waals surface area contributed by atoms with Gasteiger partial charge in [-0.15, -0.1) is 0 Å². The number of ether oxygens (including phenoxy) is 1. The number of hydrogen-bond acceptors (Lipinski definition) is 2. The number of hydrogen-bond donors (Lipinski definition) is 1. The Morgan fingerprint density at radius 1 is 1.25 bits per heavy atom. The van der Waals surface area contributed by atoms with Gasteiger partial charge in [-0.25, -0.2) is 8.78 Å². The fraction of sp³-hybridized carbons (Fsp3) is 0.500. The Balaban J connectivity index is 2.29. The number of rotatable bonds is 1. The lowest BCUT2D eigenvalue weighted by Gasteiger charge is -2.29. The van der Waals surface area contributed by atoms with Crippen molar-refractivity contribution < 1.29 is 13.5 Å². The molecular formula is C12H15F2NO.